The van der Waals surface area contributed by atoms with Gasteiger partial charge >= 0.3 is 0 Å². The van der Waals surface area contributed by atoms with E-state index in [2.05, 4.69) is 10.1 Å². The Bertz CT molecular complexity index is 527. The zero-order chi connectivity index (χ0) is 13.9. The number of para-hydroxylation sites is 1. The van der Waals surface area contributed by atoms with E-state index in [0.717, 1.165) is 0 Å². The van der Waals surface area contributed by atoms with Gasteiger partial charge in [-0.3, -0.25) is 5.84 Å². The van der Waals surface area contributed by atoms with Crippen molar-refractivity contribution in [2.75, 3.05) is 12.0 Å². The van der Waals surface area contributed by atoms with Crippen molar-refractivity contribution in [1.82, 2.24) is 4.72 Å². The van der Waals surface area contributed by atoms with Crippen LogP contribution in [-0.4, -0.2) is 27.2 Å². The molecule has 0 bridgehead atoms. The molecule has 4 N–H and O–H groups in total. The molecule has 6 nitrogen and oxygen atoms in total. The first kappa shape index (κ1) is 14.3. The number of rotatable bonds is 6. The van der Waals surface area contributed by atoms with Gasteiger partial charge in [-0.15, -0.1) is 0 Å². The molecule has 19 heavy (non-hydrogen) atoms. The lowest BCUT2D eigenvalue weighted by Crippen LogP contribution is -2.47. The molecular weight excluding hydrogens is 266 g/mol. The second-order valence-corrected chi connectivity index (χ2v) is 6.19. The van der Waals surface area contributed by atoms with Gasteiger partial charge in [-0.25, -0.2) is 13.1 Å². The van der Waals surface area contributed by atoms with Crippen LogP contribution in [0.2, 0.25) is 0 Å². The fraction of sp³-hybridized carbons (Fsp3) is 0.500. The Morgan fingerprint density at radius 2 is 2.05 bits per heavy atom. The molecule has 2 rings (SSSR count). The number of hydrazine groups is 1. The Labute approximate surface area is 113 Å². The van der Waals surface area contributed by atoms with E-state index in [1.807, 2.05) is 6.92 Å². The highest BCUT2D eigenvalue weighted by Gasteiger charge is 2.33. The third-order valence-corrected chi connectivity index (χ3v) is 4.73. The number of nitrogens with one attached hydrogen (secondary N) is 2. The van der Waals surface area contributed by atoms with Gasteiger partial charge in [0.15, 0.2) is 0 Å². The first-order valence-corrected chi connectivity index (χ1v) is 7.74. The normalized spacial score (nSPS) is 22.8. The Morgan fingerprint density at radius 1 is 1.37 bits per heavy atom. The van der Waals surface area contributed by atoms with Crippen molar-refractivity contribution in [2.24, 2.45) is 5.84 Å². The minimum absolute atomic E-state index is 0.0626. The summed E-state index contributed by atoms with van der Waals surface area (Å²) in [4.78, 5) is 0.164. The second-order valence-electron chi connectivity index (χ2n) is 4.51. The third-order valence-electron chi connectivity index (χ3n) is 3.15. The van der Waals surface area contributed by atoms with E-state index in [0.29, 0.717) is 25.1 Å². The summed E-state index contributed by atoms with van der Waals surface area (Å²) in [6.07, 6.45) is 1.59. The summed E-state index contributed by atoms with van der Waals surface area (Å²) < 4.78 is 32.5. The monoisotopic (exact) mass is 285 g/mol. The topological polar surface area (TPSA) is 93.4 Å². The van der Waals surface area contributed by atoms with Gasteiger partial charge in [0.05, 0.1) is 11.8 Å². The fourth-order valence-corrected chi connectivity index (χ4v) is 3.57. The summed E-state index contributed by atoms with van der Waals surface area (Å²) in [7, 11) is -3.55. The average molecular weight is 285 g/mol. The van der Waals surface area contributed by atoms with Crippen molar-refractivity contribution < 1.29 is 13.2 Å². The van der Waals surface area contributed by atoms with Gasteiger partial charge in [-0.05, 0) is 31.9 Å². The molecule has 0 amide bonds. The van der Waals surface area contributed by atoms with Gasteiger partial charge in [-0.2, -0.15) is 0 Å². The van der Waals surface area contributed by atoms with Gasteiger partial charge in [0, 0.05) is 12.6 Å². The molecular formula is C12H19N3O3S. The van der Waals surface area contributed by atoms with E-state index in [-0.39, 0.29) is 17.0 Å². The molecule has 7 heteroatoms. The quantitative estimate of drug-likeness (QED) is 0.531. The molecule has 1 aliphatic rings. The van der Waals surface area contributed by atoms with Crippen molar-refractivity contribution in [1.29, 1.82) is 0 Å². The number of hydrogen-bond acceptors (Lipinski definition) is 5. The van der Waals surface area contributed by atoms with Crippen LogP contribution in [-0.2, 0) is 14.8 Å². The Kier molecular flexibility index (Phi) is 4.41. The molecule has 0 atom stereocenters. The number of ether oxygens (including phenoxy) is 1. The first-order valence-electron chi connectivity index (χ1n) is 6.26. The summed E-state index contributed by atoms with van der Waals surface area (Å²) >= 11 is 0. The molecule has 106 valence electrons. The van der Waals surface area contributed by atoms with Crippen LogP contribution >= 0.6 is 0 Å². The SMILES string of the molecule is CCOC1CC(NS(=O)(=O)c2ccccc2NN)C1. The number of hydrogen-bond donors (Lipinski definition) is 3. The van der Waals surface area contributed by atoms with Crippen LogP contribution in [0.1, 0.15) is 19.8 Å². The van der Waals surface area contributed by atoms with Gasteiger partial charge < -0.3 is 10.2 Å². The van der Waals surface area contributed by atoms with Crippen molar-refractivity contribution >= 4 is 15.7 Å². The molecule has 1 fully saturated rings. The molecule has 0 spiro atoms. The maximum Gasteiger partial charge on any atom is 0.242 e. The molecule has 0 unspecified atom stereocenters. The predicted octanol–water partition coefficient (Wildman–Crippen LogP) is 0.818. The average Bonchev–Trinajstić information content (AvgIpc) is 2.36. The summed E-state index contributed by atoms with van der Waals surface area (Å²) in [5, 5.41) is 0. The zero-order valence-corrected chi connectivity index (χ0v) is 11.6. The number of nitrogen functional groups attached to an aromatic ring is 1. The Hall–Kier alpha value is -1.15. The lowest BCUT2D eigenvalue weighted by atomic mass is 9.90. The lowest BCUT2D eigenvalue weighted by molar-refractivity contribution is -0.00475. The van der Waals surface area contributed by atoms with Crippen LogP contribution < -0.4 is 16.0 Å². The smallest absolute Gasteiger partial charge is 0.242 e. The van der Waals surface area contributed by atoms with Crippen LogP contribution in [0, 0.1) is 0 Å². The molecule has 0 aliphatic heterocycles. The largest absolute Gasteiger partial charge is 0.378 e. The van der Waals surface area contributed by atoms with E-state index in [1.165, 1.54) is 6.07 Å². The molecule has 1 aliphatic carbocycles. The van der Waals surface area contributed by atoms with Crippen LogP contribution in [0.3, 0.4) is 0 Å². The zero-order valence-electron chi connectivity index (χ0n) is 10.8. The molecule has 0 saturated heterocycles. The van der Waals surface area contributed by atoms with Gasteiger partial charge in [0.2, 0.25) is 10.0 Å². The van der Waals surface area contributed by atoms with Crippen LogP contribution in [0.15, 0.2) is 29.2 Å². The molecule has 0 heterocycles. The fourth-order valence-electron chi connectivity index (χ4n) is 2.14. The number of sulfonamides is 1. The number of anilines is 1. The Morgan fingerprint density at radius 3 is 2.68 bits per heavy atom. The Balaban J connectivity index is 2.03. The van der Waals surface area contributed by atoms with Crippen LogP contribution in [0.5, 0.6) is 0 Å². The minimum atomic E-state index is -3.55. The number of benzene rings is 1. The van der Waals surface area contributed by atoms with Gasteiger partial charge in [0.25, 0.3) is 0 Å². The first-order chi connectivity index (χ1) is 9.06. The van der Waals surface area contributed by atoms with E-state index in [9.17, 15) is 8.42 Å². The van der Waals surface area contributed by atoms with Crippen molar-refractivity contribution in [3.05, 3.63) is 24.3 Å². The van der Waals surface area contributed by atoms with Crippen LogP contribution in [0.4, 0.5) is 5.69 Å². The lowest BCUT2D eigenvalue weighted by Gasteiger charge is -2.35. The molecule has 1 saturated carbocycles. The highest BCUT2D eigenvalue weighted by molar-refractivity contribution is 7.89. The van der Waals surface area contributed by atoms with Crippen LogP contribution in [0.25, 0.3) is 0 Å². The summed E-state index contributed by atoms with van der Waals surface area (Å²) in [6.45, 7) is 2.59. The summed E-state index contributed by atoms with van der Waals surface area (Å²) in [6, 6.07) is 6.48. The van der Waals surface area contributed by atoms with Gasteiger partial charge in [0.1, 0.15) is 4.90 Å². The second kappa shape index (κ2) is 5.87. The minimum Gasteiger partial charge on any atom is -0.378 e. The van der Waals surface area contributed by atoms with Gasteiger partial charge in [-0.1, -0.05) is 12.1 Å². The molecule has 0 aromatic heterocycles. The predicted molar refractivity (Wildman–Crippen MR) is 73.0 cm³/mol. The van der Waals surface area contributed by atoms with E-state index < -0.39 is 10.0 Å². The third kappa shape index (κ3) is 3.24. The van der Waals surface area contributed by atoms with Crippen molar-refractivity contribution in [3.63, 3.8) is 0 Å². The van der Waals surface area contributed by atoms with E-state index in [4.69, 9.17) is 10.6 Å². The molecule has 1 aromatic rings. The highest BCUT2D eigenvalue weighted by atomic mass is 32.2. The molecule has 1 aromatic carbocycles. The summed E-state index contributed by atoms with van der Waals surface area (Å²) in [5.74, 6) is 5.32. The highest BCUT2D eigenvalue weighted by Crippen LogP contribution is 2.26. The maximum atomic E-state index is 12.2. The van der Waals surface area contributed by atoms with Crippen molar-refractivity contribution in [3.8, 4) is 0 Å². The summed E-state index contributed by atoms with van der Waals surface area (Å²) in [5.41, 5.74) is 2.78. The van der Waals surface area contributed by atoms with E-state index >= 15 is 0 Å². The molecule has 0 radical (unpaired) electrons. The maximum absolute atomic E-state index is 12.2. The van der Waals surface area contributed by atoms with E-state index in [1.54, 1.807) is 18.2 Å². The van der Waals surface area contributed by atoms with Crippen molar-refractivity contribution in [2.45, 2.75) is 36.8 Å². The standard InChI is InChI=1S/C12H19N3O3S/c1-2-18-10-7-9(8-10)15-19(16,17)12-6-4-3-5-11(12)14-13/h3-6,9-10,14-15H,2,7-8,13H2,1H3. The number of nitrogens with two attached hydrogens (primary N) is 1.